The average Bonchev–Trinajstić information content (AvgIpc) is 1.91. The standard InChI is InChI=1S/C8H13N.BrH/c1-2-6-9-7-4-3-5-8-9;/h1H,3-8H2;1H. The highest BCUT2D eigenvalue weighted by Gasteiger charge is 2.10. The molecular formula is C8H14BrN. The average molecular weight is 204 g/mol. The Hall–Kier alpha value is 0. The molecule has 0 aromatic heterocycles. The predicted octanol–water partition coefficient (Wildman–Crippen LogP) is -3.31. The Kier molecular flexibility index (Phi) is 5.76. The van der Waals surface area contributed by atoms with Crippen molar-refractivity contribution in [3.8, 4) is 12.3 Å². The summed E-state index contributed by atoms with van der Waals surface area (Å²) in [5, 5.41) is 0. The van der Waals surface area contributed by atoms with Crippen LogP contribution in [0.15, 0.2) is 0 Å². The molecule has 1 saturated heterocycles. The summed E-state index contributed by atoms with van der Waals surface area (Å²) < 4.78 is 0. The van der Waals surface area contributed by atoms with E-state index in [1.807, 2.05) is 0 Å². The fraction of sp³-hybridized carbons (Fsp3) is 0.750. The van der Waals surface area contributed by atoms with E-state index in [0.717, 1.165) is 6.54 Å². The van der Waals surface area contributed by atoms with E-state index in [2.05, 4.69) is 5.92 Å². The predicted molar refractivity (Wildman–Crippen MR) is 38.2 cm³/mol. The van der Waals surface area contributed by atoms with Crippen LogP contribution in [0.25, 0.3) is 0 Å². The van der Waals surface area contributed by atoms with Crippen molar-refractivity contribution in [1.29, 1.82) is 0 Å². The Balaban J connectivity index is 0.000000810. The van der Waals surface area contributed by atoms with Crippen LogP contribution in [0.5, 0.6) is 0 Å². The van der Waals surface area contributed by atoms with Crippen LogP contribution in [0.4, 0.5) is 0 Å². The monoisotopic (exact) mass is 203 g/mol. The van der Waals surface area contributed by atoms with Crippen molar-refractivity contribution in [3.63, 3.8) is 0 Å². The van der Waals surface area contributed by atoms with Crippen LogP contribution in [0.3, 0.4) is 0 Å². The molecule has 10 heavy (non-hydrogen) atoms. The van der Waals surface area contributed by atoms with Gasteiger partial charge in [0.25, 0.3) is 0 Å². The summed E-state index contributed by atoms with van der Waals surface area (Å²) in [7, 11) is 0. The van der Waals surface area contributed by atoms with Gasteiger partial charge in [-0.3, -0.25) is 0 Å². The quantitative estimate of drug-likeness (QED) is 0.427. The second-order valence-electron chi connectivity index (χ2n) is 2.69. The maximum Gasteiger partial charge on any atom is 0.139 e. The van der Waals surface area contributed by atoms with E-state index in [1.54, 1.807) is 4.90 Å². The van der Waals surface area contributed by atoms with E-state index in [1.165, 1.54) is 32.4 Å². The molecule has 0 spiro atoms. The molecule has 0 radical (unpaired) electrons. The Morgan fingerprint density at radius 3 is 2.30 bits per heavy atom. The molecule has 1 aliphatic heterocycles. The molecule has 1 rings (SSSR count). The molecule has 0 unspecified atom stereocenters. The number of likely N-dealkylation sites (tertiary alicyclic amines) is 1. The minimum Gasteiger partial charge on any atom is -1.00 e. The lowest BCUT2D eigenvalue weighted by Crippen LogP contribution is -3.12. The Labute approximate surface area is 73.6 Å². The van der Waals surface area contributed by atoms with Gasteiger partial charge in [-0.25, -0.2) is 0 Å². The van der Waals surface area contributed by atoms with Gasteiger partial charge in [0.05, 0.1) is 13.1 Å². The zero-order chi connectivity index (χ0) is 6.53. The van der Waals surface area contributed by atoms with Gasteiger partial charge in [-0.15, -0.1) is 6.42 Å². The molecule has 1 nitrogen and oxygen atoms in total. The van der Waals surface area contributed by atoms with Crippen molar-refractivity contribution < 1.29 is 21.9 Å². The van der Waals surface area contributed by atoms with E-state index in [-0.39, 0.29) is 17.0 Å². The lowest BCUT2D eigenvalue weighted by molar-refractivity contribution is -0.897. The first-order valence-corrected chi connectivity index (χ1v) is 3.70. The third kappa shape index (κ3) is 3.24. The first-order valence-electron chi connectivity index (χ1n) is 3.70. The lowest BCUT2D eigenvalue weighted by atomic mass is 10.1. The molecule has 0 amide bonds. The van der Waals surface area contributed by atoms with Crippen LogP contribution in [0, 0.1) is 12.3 Å². The van der Waals surface area contributed by atoms with Gasteiger partial charge in [0.2, 0.25) is 0 Å². The van der Waals surface area contributed by atoms with Crippen molar-refractivity contribution in [1.82, 2.24) is 0 Å². The normalized spacial score (nSPS) is 19.1. The summed E-state index contributed by atoms with van der Waals surface area (Å²) in [5.74, 6) is 2.70. The van der Waals surface area contributed by atoms with Gasteiger partial charge in [0.1, 0.15) is 6.54 Å². The number of hydrogen-bond acceptors (Lipinski definition) is 0. The van der Waals surface area contributed by atoms with Crippen LogP contribution in [0.1, 0.15) is 19.3 Å². The van der Waals surface area contributed by atoms with Crippen LogP contribution in [0.2, 0.25) is 0 Å². The minimum atomic E-state index is 0. The molecular weight excluding hydrogens is 190 g/mol. The highest BCUT2D eigenvalue weighted by molar-refractivity contribution is 4.82. The van der Waals surface area contributed by atoms with Gasteiger partial charge in [-0.2, -0.15) is 0 Å². The van der Waals surface area contributed by atoms with Crippen molar-refractivity contribution in [2.75, 3.05) is 19.6 Å². The number of nitrogens with one attached hydrogen (secondary N) is 1. The van der Waals surface area contributed by atoms with Crippen molar-refractivity contribution in [2.24, 2.45) is 0 Å². The molecule has 2 heteroatoms. The van der Waals surface area contributed by atoms with Gasteiger partial charge >= 0.3 is 0 Å². The third-order valence-corrected chi connectivity index (χ3v) is 1.91. The van der Waals surface area contributed by atoms with Crippen LogP contribution >= 0.6 is 0 Å². The number of hydrogen-bond donors (Lipinski definition) is 1. The number of halogens is 1. The number of quaternary nitrogens is 1. The van der Waals surface area contributed by atoms with Crippen LogP contribution in [-0.4, -0.2) is 19.6 Å². The van der Waals surface area contributed by atoms with E-state index < -0.39 is 0 Å². The molecule has 1 fully saturated rings. The molecule has 0 bridgehead atoms. The van der Waals surface area contributed by atoms with E-state index >= 15 is 0 Å². The van der Waals surface area contributed by atoms with Crippen molar-refractivity contribution in [3.05, 3.63) is 0 Å². The summed E-state index contributed by atoms with van der Waals surface area (Å²) in [6, 6.07) is 0. The molecule has 0 atom stereocenters. The number of rotatable bonds is 1. The molecule has 1 N–H and O–H groups in total. The third-order valence-electron chi connectivity index (χ3n) is 1.91. The number of terminal acetylenes is 1. The summed E-state index contributed by atoms with van der Waals surface area (Å²) in [5.41, 5.74) is 0. The minimum absolute atomic E-state index is 0. The summed E-state index contributed by atoms with van der Waals surface area (Å²) >= 11 is 0. The van der Waals surface area contributed by atoms with Crippen LogP contribution < -0.4 is 21.9 Å². The first kappa shape index (κ1) is 10.0. The molecule has 58 valence electrons. The largest absolute Gasteiger partial charge is 1.00 e. The zero-order valence-corrected chi connectivity index (χ0v) is 7.78. The molecule has 0 aromatic carbocycles. The highest BCUT2D eigenvalue weighted by Crippen LogP contribution is 1.93. The van der Waals surface area contributed by atoms with E-state index in [9.17, 15) is 0 Å². The summed E-state index contributed by atoms with van der Waals surface area (Å²) in [6.07, 6.45) is 9.34. The second kappa shape index (κ2) is 5.76. The van der Waals surface area contributed by atoms with Gasteiger partial charge in [0, 0.05) is 0 Å². The SMILES string of the molecule is C#CC[NH+]1CCCCC1.[Br-]. The topological polar surface area (TPSA) is 4.44 Å². The Morgan fingerprint density at radius 1 is 1.20 bits per heavy atom. The molecule has 0 aliphatic carbocycles. The van der Waals surface area contributed by atoms with Crippen molar-refractivity contribution in [2.45, 2.75) is 19.3 Å². The summed E-state index contributed by atoms with van der Waals surface area (Å²) in [4.78, 5) is 1.60. The highest BCUT2D eigenvalue weighted by atomic mass is 79.9. The van der Waals surface area contributed by atoms with Crippen LogP contribution in [-0.2, 0) is 0 Å². The Morgan fingerprint density at radius 2 is 1.80 bits per heavy atom. The fourth-order valence-corrected chi connectivity index (χ4v) is 1.37. The molecule has 0 aromatic rings. The number of piperidine rings is 1. The maximum atomic E-state index is 5.19. The van der Waals surface area contributed by atoms with Gasteiger partial charge in [-0.1, -0.05) is 0 Å². The molecule has 1 heterocycles. The second-order valence-corrected chi connectivity index (χ2v) is 2.69. The van der Waals surface area contributed by atoms with E-state index in [0.29, 0.717) is 0 Å². The van der Waals surface area contributed by atoms with E-state index in [4.69, 9.17) is 6.42 Å². The maximum absolute atomic E-state index is 5.19. The zero-order valence-electron chi connectivity index (χ0n) is 6.20. The fourth-order valence-electron chi connectivity index (χ4n) is 1.37. The van der Waals surface area contributed by atoms with Crippen molar-refractivity contribution >= 4 is 0 Å². The molecule has 0 saturated carbocycles. The first-order chi connectivity index (χ1) is 4.43. The van der Waals surface area contributed by atoms with Gasteiger partial charge < -0.3 is 21.9 Å². The Bertz CT molecular complexity index is 111. The smallest absolute Gasteiger partial charge is 0.139 e. The lowest BCUT2D eigenvalue weighted by Gasteiger charge is -2.20. The van der Waals surface area contributed by atoms with Gasteiger partial charge in [0.15, 0.2) is 0 Å². The van der Waals surface area contributed by atoms with Gasteiger partial charge in [-0.05, 0) is 25.2 Å². The summed E-state index contributed by atoms with van der Waals surface area (Å²) in [6.45, 7) is 3.52. The molecule has 1 aliphatic rings.